The van der Waals surface area contributed by atoms with Crippen LogP contribution in [-0.2, 0) is 13.1 Å². The molecule has 0 radical (unpaired) electrons. The average Bonchev–Trinajstić information content (AvgIpc) is 2.81. The second kappa shape index (κ2) is 5.44. The molecular weight excluding hydrogens is 274 g/mol. The Bertz CT molecular complexity index is 888. The van der Waals surface area contributed by atoms with E-state index in [1.54, 1.807) is 4.57 Å². The van der Waals surface area contributed by atoms with Crippen LogP contribution in [-0.4, -0.2) is 14.1 Å². The summed E-state index contributed by atoms with van der Waals surface area (Å²) in [6.07, 6.45) is 0. The van der Waals surface area contributed by atoms with Crippen LogP contribution in [0.25, 0.3) is 22.2 Å². The quantitative estimate of drug-likeness (QED) is 0.741. The van der Waals surface area contributed by atoms with Gasteiger partial charge in [0.25, 0.3) is 0 Å². The molecule has 3 aromatic rings. The topological polar surface area (TPSA) is 39.8 Å². The number of aromatic nitrogens is 3. The zero-order valence-corrected chi connectivity index (χ0v) is 13.6. The lowest BCUT2D eigenvalue weighted by Crippen LogP contribution is -2.23. The molecule has 0 N–H and O–H groups in total. The lowest BCUT2D eigenvalue weighted by atomic mass is 10.1. The highest BCUT2D eigenvalue weighted by Crippen LogP contribution is 2.34. The van der Waals surface area contributed by atoms with Gasteiger partial charge >= 0.3 is 5.69 Å². The predicted molar refractivity (Wildman–Crippen MR) is 90.3 cm³/mol. The van der Waals surface area contributed by atoms with Gasteiger partial charge in [0.05, 0.1) is 16.9 Å². The predicted octanol–water partition coefficient (Wildman–Crippen LogP) is 3.52. The SMILES string of the molecule is CCn1c(C)c2c(C)nc(=O)n(CC)c2c1-c1ccccc1. The molecule has 0 aliphatic carbocycles. The Kier molecular flexibility index (Phi) is 3.61. The van der Waals surface area contributed by atoms with E-state index in [0.29, 0.717) is 6.54 Å². The van der Waals surface area contributed by atoms with Crippen LogP contribution in [0.5, 0.6) is 0 Å². The van der Waals surface area contributed by atoms with Gasteiger partial charge in [-0.05, 0) is 27.7 Å². The summed E-state index contributed by atoms with van der Waals surface area (Å²) in [6, 6.07) is 10.3. The molecule has 2 aromatic heterocycles. The molecule has 22 heavy (non-hydrogen) atoms. The maximum atomic E-state index is 12.3. The number of aryl methyl sites for hydroxylation is 3. The normalized spacial score (nSPS) is 11.3. The first-order valence-corrected chi connectivity index (χ1v) is 7.75. The Balaban J connectivity index is 2.57. The fourth-order valence-electron chi connectivity index (χ4n) is 3.35. The monoisotopic (exact) mass is 295 g/mol. The number of hydrogen-bond acceptors (Lipinski definition) is 2. The molecule has 0 bridgehead atoms. The molecule has 0 amide bonds. The first kappa shape index (κ1) is 14.6. The highest BCUT2D eigenvalue weighted by Gasteiger charge is 2.20. The first-order chi connectivity index (χ1) is 10.6. The Morgan fingerprint density at radius 1 is 1.00 bits per heavy atom. The van der Waals surface area contributed by atoms with Crippen LogP contribution < -0.4 is 5.69 Å². The van der Waals surface area contributed by atoms with E-state index in [4.69, 9.17) is 0 Å². The molecule has 0 unspecified atom stereocenters. The van der Waals surface area contributed by atoms with E-state index in [1.807, 2.05) is 32.0 Å². The van der Waals surface area contributed by atoms with Gasteiger partial charge in [-0.1, -0.05) is 30.3 Å². The van der Waals surface area contributed by atoms with E-state index in [2.05, 4.69) is 35.5 Å². The van der Waals surface area contributed by atoms with Crippen molar-refractivity contribution < 1.29 is 0 Å². The van der Waals surface area contributed by atoms with E-state index >= 15 is 0 Å². The molecule has 0 atom stereocenters. The Morgan fingerprint density at radius 2 is 1.64 bits per heavy atom. The number of benzene rings is 1. The number of nitrogens with zero attached hydrogens (tertiary/aromatic N) is 3. The van der Waals surface area contributed by atoms with Gasteiger partial charge in [0.2, 0.25) is 0 Å². The van der Waals surface area contributed by atoms with E-state index in [-0.39, 0.29) is 5.69 Å². The zero-order valence-electron chi connectivity index (χ0n) is 13.6. The fraction of sp³-hybridized carbons (Fsp3) is 0.333. The third-order valence-corrected chi connectivity index (χ3v) is 4.30. The second-order valence-electron chi connectivity index (χ2n) is 5.49. The van der Waals surface area contributed by atoms with Crippen LogP contribution >= 0.6 is 0 Å². The largest absolute Gasteiger partial charge is 0.348 e. The third kappa shape index (κ3) is 1.98. The summed E-state index contributed by atoms with van der Waals surface area (Å²) in [5, 5.41) is 1.10. The van der Waals surface area contributed by atoms with Crippen molar-refractivity contribution in [1.82, 2.24) is 14.1 Å². The van der Waals surface area contributed by atoms with Crippen LogP contribution in [0, 0.1) is 13.8 Å². The minimum Gasteiger partial charge on any atom is -0.343 e. The zero-order chi connectivity index (χ0) is 15.9. The van der Waals surface area contributed by atoms with Gasteiger partial charge in [-0.2, -0.15) is 4.98 Å². The Labute approximate surface area is 130 Å². The molecule has 0 aliphatic rings. The minimum atomic E-state index is -0.169. The highest BCUT2D eigenvalue weighted by atomic mass is 16.1. The van der Waals surface area contributed by atoms with E-state index in [1.165, 1.54) is 5.69 Å². The molecule has 0 saturated heterocycles. The molecule has 4 nitrogen and oxygen atoms in total. The summed E-state index contributed by atoms with van der Waals surface area (Å²) in [6.45, 7) is 9.64. The summed E-state index contributed by atoms with van der Waals surface area (Å²) in [7, 11) is 0. The summed E-state index contributed by atoms with van der Waals surface area (Å²) in [5.41, 5.74) is 5.06. The maximum absolute atomic E-state index is 12.3. The highest BCUT2D eigenvalue weighted by molar-refractivity contribution is 5.97. The molecule has 0 fully saturated rings. The molecule has 3 rings (SSSR count). The van der Waals surface area contributed by atoms with Crippen molar-refractivity contribution in [3.05, 3.63) is 52.2 Å². The van der Waals surface area contributed by atoms with Crippen LogP contribution in [0.4, 0.5) is 0 Å². The summed E-state index contributed by atoms with van der Waals surface area (Å²) < 4.78 is 4.06. The van der Waals surface area contributed by atoms with Crippen LogP contribution in [0.15, 0.2) is 35.1 Å². The van der Waals surface area contributed by atoms with Crippen molar-refractivity contribution in [2.24, 2.45) is 0 Å². The smallest absolute Gasteiger partial charge is 0.343 e. The van der Waals surface area contributed by atoms with Crippen molar-refractivity contribution in [3.8, 4) is 11.3 Å². The molecule has 0 spiro atoms. The summed E-state index contributed by atoms with van der Waals surface area (Å²) in [5.74, 6) is 0. The fourth-order valence-corrected chi connectivity index (χ4v) is 3.35. The van der Waals surface area contributed by atoms with Crippen molar-refractivity contribution >= 4 is 10.9 Å². The molecule has 4 heteroatoms. The first-order valence-electron chi connectivity index (χ1n) is 7.75. The van der Waals surface area contributed by atoms with E-state index in [9.17, 15) is 4.79 Å². The molecule has 114 valence electrons. The van der Waals surface area contributed by atoms with Crippen LogP contribution in [0.3, 0.4) is 0 Å². The van der Waals surface area contributed by atoms with Crippen molar-refractivity contribution in [3.63, 3.8) is 0 Å². The molecular formula is C18H21N3O. The van der Waals surface area contributed by atoms with E-state index < -0.39 is 0 Å². The molecule has 2 heterocycles. The maximum Gasteiger partial charge on any atom is 0.348 e. The van der Waals surface area contributed by atoms with E-state index in [0.717, 1.165) is 34.4 Å². The minimum absolute atomic E-state index is 0.169. The standard InChI is InChI=1S/C18H21N3O/c1-5-20-13(4)15-12(3)19-18(22)21(6-2)17(15)16(20)14-10-8-7-9-11-14/h7-11H,5-6H2,1-4H3. The Hall–Kier alpha value is -2.36. The molecule has 1 aromatic carbocycles. The molecule has 0 aliphatic heterocycles. The van der Waals surface area contributed by atoms with Gasteiger partial charge in [-0.25, -0.2) is 4.79 Å². The van der Waals surface area contributed by atoms with Crippen LogP contribution in [0.1, 0.15) is 25.2 Å². The van der Waals surface area contributed by atoms with Gasteiger partial charge < -0.3 is 4.57 Å². The lowest BCUT2D eigenvalue weighted by molar-refractivity contribution is 0.723. The van der Waals surface area contributed by atoms with Gasteiger partial charge in [-0.3, -0.25) is 4.57 Å². The lowest BCUT2D eigenvalue weighted by Gasteiger charge is -2.11. The summed E-state index contributed by atoms with van der Waals surface area (Å²) in [4.78, 5) is 16.5. The van der Waals surface area contributed by atoms with Gasteiger partial charge in [-0.15, -0.1) is 0 Å². The van der Waals surface area contributed by atoms with Gasteiger partial charge in [0.15, 0.2) is 0 Å². The van der Waals surface area contributed by atoms with Gasteiger partial charge in [0.1, 0.15) is 0 Å². The average molecular weight is 295 g/mol. The van der Waals surface area contributed by atoms with Crippen molar-refractivity contribution in [2.75, 3.05) is 0 Å². The number of hydrogen-bond donors (Lipinski definition) is 0. The van der Waals surface area contributed by atoms with Crippen molar-refractivity contribution in [1.29, 1.82) is 0 Å². The second-order valence-corrected chi connectivity index (χ2v) is 5.49. The number of fused-ring (bicyclic) bond motifs is 1. The van der Waals surface area contributed by atoms with Crippen molar-refractivity contribution in [2.45, 2.75) is 40.8 Å². The number of rotatable bonds is 3. The van der Waals surface area contributed by atoms with Crippen LogP contribution in [0.2, 0.25) is 0 Å². The Morgan fingerprint density at radius 3 is 2.23 bits per heavy atom. The molecule has 0 saturated carbocycles. The van der Waals surface area contributed by atoms with Gasteiger partial charge in [0, 0.05) is 29.7 Å². The third-order valence-electron chi connectivity index (χ3n) is 4.30. The summed E-state index contributed by atoms with van der Waals surface area (Å²) >= 11 is 0.